The van der Waals surface area contributed by atoms with Crippen LogP contribution in [0.3, 0.4) is 0 Å². The molecule has 1 aliphatic carbocycles. The van der Waals surface area contributed by atoms with Crippen molar-refractivity contribution in [3.8, 4) is 0 Å². The van der Waals surface area contributed by atoms with Gasteiger partial charge in [-0.3, -0.25) is 9.59 Å². The molecule has 0 aromatic carbocycles. The van der Waals surface area contributed by atoms with Crippen LogP contribution in [0, 0.1) is 5.92 Å². The molecule has 4 atom stereocenters. The smallest absolute Gasteiger partial charge is 0.244 e. The average Bonchev–Trinajstić information content (AvgIpc) is 3.12. The molecule has 4 fully saturated rings. The number of ether oxygens (including phenoxy) is 1. The van der Waals surface area contributed by atoms with Crippen molar-refractivity contribution in [3.05, 3.63) is 0 Å². The Labute approximate surface area is 129 Å². The van der Waals surface area contributed by atoms with Crippen molar-refractivity contribution < 1.29 is 14.3 Å². The van der Waals surface area contributed by atoms with E-state index in [-0.39, 0.29) is 35.9 Å². The Balaban J connectivity index is 1.37. The lowest BCUT2D eigenvalue weighted by Gasteiger charge is -2.32. The Morgan fingerprint density at radius 2 is 2.05 bits per heavy atom. The lowest BCUT2D eigenvalue weighted by Crippen LogP contribution is -2.53. The zero-order valence-corrected chi connectivity index (χ0v) is 12.9. The quantitative estimate of drug-likeness (QED) is 0.849. The SMILES string of the molecule is O=C(N[C@@H]1C[C@H]2CC[C@H]1O2)[C@@H]1CSCN1C(=O)C1CCC1. The Bertz CT molecular complexity index is 454. The van der Waals surface area contributed by atoms with Crippen molar-refractivity contribution in [1.82, 2.24) is 10.2 Å². The highest BCUT2D eigenvalue weighted by Gasteiger charge is 2.44. The Kier molecular flexibility index (Phi) is 3.61. The van der Waals surface area contributed by atoms with E-state index in [0.29, 0.717) is 12.0 Å². The maximum Gasteiger partial charge on any atom is 0.244 e. The Hall–Kier alpha value is -0.750. The Morgan fingerprint density at radius 1 is 1.19 bits per heavy atom. The van der Waals surface area contributed by atoms with E-state index < -0.39 is 0 Å². The van der Waals surface area contributed by atoms with Gasteiger partial charge in [0.15, 0.2) is 0 Å². The van der Waals surface area contributed by atoms with Crippen LogP contribution >= 0.6 is 11.8 Å². The predicted molar refractivity (Wildman–Crippen MR) is 79.7 cm³/mol. The van der Waals surface area contributed by atoms with E-state index in [0.717, 1.165) is 44.3 Å². The van der Waals surface area contributed by atoms with Crippen molar-refractivity contribution in [2.75, 3.05) is 11.6 Å². The van der Waals surface area contributed by atoms with Gasteiger partial charge in [0, 0.05) is 11.7 Å². The molecule has 2 amide bonds. The van der Waals surface area contributed by atoms with E-state index in [1.807, 2.05) is 0 Å². The minimum Gasteiger partial charge on any atom is -0.373 e. The van der Waals surface area contributed by atoms with Gasteiger partial charge in [-0.15, -0.1) is 11.8 Å². The van der Waals surface area contributed by atoms with Crippen molar-refractivity contribution in [1.29, 1.82) is 0 Å². The molecule has 1 N–H and O–H groups in total. The number of carbonyl (C=O) groups is 2. The molecule has 1 saturated carbocycles. The summed E-state index contributed by atoms with van der Waals surface area (Å²) < 4.78 is 5.79. The van der Waals surface area contributed by atoms with Gasteiger partial charge >= 0.3 is 0 Å². The highest BCUT2D eigenvalue weighted by Crippen LogP contribution is 2.35. The highest BCUT2D eigenvalue weighted by molar-refractivity contribution is 7.99. The zero-order chi connectivity index (χ0) is 14.4. The molecule has 0 unspecified atom stereocenters. The number of thioether (sulfide) groups is 1. The fraction of sp³-hybridized carbons (Fsp3) is 0.867. The van der Waals surface area contributed by atoms with Gasteiger partial charge in [-0.25, -0.2) is 0 Å². The lowest BCUT2D eigenvalue weighted by molar-refractivity contribution is -0.143. The first-order valence-corrected chi connectivity index (χ1v) is 9.22. The summed E-state index contributed by atoms with van der Waals surface area (Å²) in [5, 5.41) is 3.14. The molecule has 3 aliphatic heterocycles. The summed E-state index contributed by atoms with van der Waals surface area (Å²) in [5.41, 5.74) is 0. The molecule has 0 spiro atoms. The van der Waals surface area contributed by atoms with Crippen LogP contribution in [0.1, 0.15) is 38.5 Å². The van der Waals surface area contributed by atoms with Crippen LogP contribution in [-0.2, 0) is 14.3 Å². The van der Waals surface area contributed by atoms with E-state index in [4.69, 9.17) is 4.74 Å². The number of rotatable bonds is 3. The molecule has 0 aromatic heterocycles. The first-order valence-electron chi connectivity index (χ1n) is 8.06. The van der Waals surface area contributed by atoms with Crippen LogP contribution < -0.4 is 5.32 Å². The van der Waals surface area contributed by atoms with Crippen molar-refractivity contribution in [2.24, 2.45) is 5.92 Å². The Morgan fingerprint density at radius 3 is 2.67 bits per heavy atom. The maximum absolute atomic E-state index is 12.5. The van der Waals surface area contributed by atoms with E-state index in [1.165, 1.54) is 0 Å². The molecule has 4 aliphatic rings. The van der Waals surface area contributed by atoms with Crippen LogP contribution in [0.4, 0.5) is 0 Å². The summed E-state index contributed by atoms with van der Waals surface area (Å²) in [6, 6.07) is -0.121. The normalized spacial score (nSPS) is 38.6. The molecular weight excluding hydrogens is 288 g/mol. The predicted octanol–water partition coefficient (Wildman–Crippen LogP) is 1.12. The zero-order valence-electron chi connectivity index (χ0n) is 12.1. The number of hydrogen-bond donors (Lipinski definition) is 1. The molecule has 3 saturated heterocycles. The molecule has 21 heavy (non-hydrogen) atoms. The molecule has 4 rings (SSSR count). The number of nitrogens with one attached hydrogen (secondary N) is 1. The van der Waals surface area contributed by atoms with E-state index in [1.54, 1.807) is 16.7 Å². The minimum atomic E-state index is -0.276. The van der Waals surface area contributed by atoms with Crippen molar-refractivity contribution in [3.63, 3.8) is 0 Å². The summed E-state index contributed by atoms with van der Waals surface area (Å²) in [6.07, 6.45) is 6.80. The molecule has 0 radical (unpaired) electrons. The number of carbonyl (C=O) groups excluding carboxylic acids is 2. The molecule has 0 aromatic rings. The summed E-state index contributed by atoms with van der Waals surface area (Å²) in [7, 11) is 0. The van der Waals surface area contributed by atoms with Crippen LogP contribution in [0.25, 0.3) is 0 Å². The lowest BCUT2D eigenvalue weighted by atomic mass is 9.84. The number of nitrogens with zero attached hydrogens (tertiary/aromatic N) is 1. The largest absolute Gasteiger partial charge is 0.373 e. The third-order valence-electron chi connectivity index (χ3n) is 5.36. The fourth-order valence-corrected chi connectivity index (χ4v) is 5.00. The summed E-state index contributed by atoms with van der Waals surface area (Å²) >= 11 is 1.69. The molecule has 5 nitrogen and oxygen atoms in total. The summed E-state index contributed by atoms with van der Waals surface area (Å²) in [6.45, 7) is 0. The van der Waals surface area contributed by atoms with Gasteiger partial charge in [0.1, 0.15) is 6.04 Å². The van der Waals surface area contributed by atoms with E-state index in [9.17, 15) is 9.59 Å². The second-order valence-corrected chi connectivity index (χ2v) is 7.68. The third kappa shape index (κ3) is 2.46. The van der Waals surface area contributed by atoms with Gasteiger partial charge in [-0.1, -0.05) is 6.42 Å². The number of fused-ring (bicyclic) bond motifs is 2. The molecule has 2 bridgehead atoms. The highest BCUT2D eigenvalue weighted by atomic mass is 32.2. The monoisotopic (exact) mass is 310 g/mol. The van der Waals surface area contributed by atoms with Crippen LogP contribution in [0.15, 0.2) is 0 Å². The van der Waals surface area contributed by atoms with Crippen molar-refractivity contribution in [2.45, 2.75) is 62.8 Å². The number of amides is 2. The first kappa shape index (κ1) is 13.9. The van der Waals surface area contributed by atoms with Crippen LogP contribution in [0.5, 0.6) is 0 Å². The third-order valence-corrected chi connectivity index (χ3v) is 6.37. The van der Waals surface area contributed by atoms with Gasteiger partial charge in [0.05, 0.1) is 24.1 Å². The van der Waals surface area contributed by atoms with Gasteiger partial charge in [0.2, 0.25) is 11.8 Å². The first-order chi connectivity index (χ1) is 10.2. The molecular formula is C15H22N2O3S. The van der Waals surface area contributed by atoms with E-state index in [2.05, 4.69) is 5.32 Å². The van der Waals surface area contributed by atoms with Crippen LogP contribution in [-0.4, -0.2) is 52.6 Å². The second kappa shape index (κ2) is 5.47. The van der Waals surface area contributed by atoms with E-state index >= 15 is 0 Å². The maximum atomic E-state index is 12.5. The molecule has 6 heteroatoms. The van der Waals surface area contributed by atoms with Gasteiger partial charge in [-0.2, -0.15) is 0 Å². The molecule has 3 heterocycles. The summed E-state index contributed by atoms with van der Waals surface area (Å²) in [5.74, 6) is 1.78. The standard InChI is InChI=1S/C15H22N2O3S/c18-14(16-11-6-10-4-5-13(11)20-10)12-7-21-8-17(12)15(19)9-2-1-3-9/h9-13H,1-8H2,(H,16,18)/t10-,11-,12+,13-/m1/s1. The average molecular weight is 310 g/mol. The number of hydrogen-bond acceptors (Lipinski definition) is 4. The van der Waals surface area contributed by atoms with Crippen molar-refractivity contribution >= 4 is 23.6 Å². The van der Waals surface area contributed by atoms with Crippen LogP contribution in [0.2, 0.25) is 0 Å². The summed E-state index contributed by atoms with van der Waals surface area (Å²) in [4.78, 5) is 26.8. The van der Waals surface area contributed by atoms with Gasteiger partial charge < -0.3 is 15.0 Å². The topological polar surface area (TPSA) is 58.6 Å². The van der Waals surface area contributed by atoms with Gasteiger partial charge in [0.25, 0.3) is 0 Å². The fourth-order valence-electron chi connectivity index (χ4n) is 3.84. The van der Waals surface area contributed by atoms with Gasteiger partial charge in [-0.05, 0) is 32.1 Å². The second-order valence-electron chi connectivity index (χ2n) is 6.68. The minimum absolute atomic E-state index is 0.0221. The molecule has 116 valence electrons.